The number of hydrogen-bond acceptors (Lipinski definition) is 3. The smallest absolute Gasteiger partial charge is 0.282 e. The van der Waals surface area contributed by atoms with E-state index in [1.54, 1.807) is 0 Å². The van der Waals surface area contributed by atoms with E-state index in [1.807, 2.05) is 0 Å². The number of nitrogens with zero attached hydrogens (tertiary/aromatic N) is 1. The van der Waals surface area contributed by atoms with Crippen LogP contribution in [0.5, 0.6) is 0 Å². The minimum atomic E-state index is -4.70. The molecule has 4 nitrogen and oxygen atoms in total. The lowest BCUT2D eigenvalue weighted by atomic mass is 10.1. The number of nitriles is 1. The molecule has 0 aliphatic heterocycles. The Morgan fingerprint density at radius 2 is 1.82 bits per heavy atom. The summed E-state index contributed by atoms with van der Waals surface area (Å²) in [6.45, 7) is 0. The fourth-order valence-electron chi connectivity index (χ4n) is 1.02. The van der Waals surface area contributed by atoms with Crippen molar-refractivity contribution in [3.63, 3.8) is 0 Å². The van der Waals surface area contributed by atoms with Crippen LogP contribution < -0.4 is 0 Å². The topological polar surface area (TPSA) is 78.2 Å². The highest BCUT2D eigenvalue weighted by Gasteiger charge is 2.32. The molecule has 9 heteroatoms. The molecule has 0 saturated carbocycles. The number of rotatable bonds is 1. The molecule has 0 amide bonds. The van der Waals surface area contributed by atoms with Crippen LogP contribution in [0.2, 0.25) is 0 Å². The summed E-state index contributed by atoms with van der Waals surface area (Å²) >= 11 is 0. The summed E-state index contributed by atoms with van der Waals surface area (Å²) < 4.78 is 66.7. The predicted octanol–water partition coefficient (Wildman–Crippen LogP) is 2.25. The van der Waals surface area contributed by atoms with Crippen LogP contribution in [0, 0.1) is 11.3 Å². The molecule has 0 saturated heterocycles. The molecule has 1 aromatic rings. The fourth-order valence-corrected chi connectivity index (χ4v) is 1.64. The van der Waals surface area contributed by atoms with Gasteiger partial charge in [-0.05, 0) is 18.2 Å². The van der Waals surface area contributed by atoms with Crippen molar-refractivity contribution in [1.29, 1.82) is 5.26 Å². The zero-order chi connectivity index (χ0) is 12.6. The van der Waals surface area contributed by atoms with Gasteiger partial charge in [0.15, 0.2) is 0 Å². The van der Waals surface area contributed by atoms with Gasteiger partial charge in [0.1, 0.15) is 11.0 Å². The van der Waals surface area contributed by atoms with Gasteiger partial charge in [-0.3, -0.25) is 4.55 Å². The first-order valence-corrected chi connectivity index (χ1v) is 5.19. The molecule has 1 N–H and O–H groups in total. The monoisotopic (exact) mass is 287 g/mol. The highest BCUT2D eigenvalue weighted by atomic mass is 35.5. The zero-order valence-electron chi connectivity index (χ0n) is 7.89. The first kappa shape index (κ1) is 15.7. The van der Waals surface area contributed by atoms with Crippen LogP contribution in [0.25, 0.3) is 0 Å². The second kappa shape index (κ2) is 4.91. The van der Waals surface area contributed by atoms with Gasteiger partial charge in [0.2, 0.25) is 0 Å². The fraction of sp³-hybridized carbons (Fsp3) is 0.125. The molecular formula is C8H5ClF3NO3S. The van der Waals surface area contributed by atoms with Crippen molar-refractivity contribution in [3.8, 4) is 6.07 Å². The lowest BCUT2D eigenvalue weighted by Crippen LogP contribution is -2.08. The molecule has 0 aliphatic carbocycles. The summed E-state index contributed by atoms with van der Waals surface area (Å²) in [6, 6.07) is 2.65. The van der Waals surface area contributed by atoms with Crippen molar-refractivity contribution in [2.75, 3.05) is 0 Å². The molecule has 1 rings (SSSR count). The largest absolute Gasteiger partial charge is 0.416 e. The summed E-state index contributed by atoms with van der Waals surface area (Å²) in [4.78, 5) is -0.844. The van der Waals surface area contributed by atoms with Crippen molar-refractivity contribution >= 4 is 22.5 Å². The van der Waals surface area contributed by atoms with Crippen LogP contribution in [-0.2, 0) is 16.3 Å². The van der Waals surface area contributed by atoms with E-state index in [4.69, 9.17) is 9.81 Å². The molecular weight excluding hydrogens is 283 g/mol. The van der Waals surface area contributed by atoms with Crippen LogP contribution in [0.3, 0.4) is 0 Å². The first-order chi connectivity index (χ1) is 7.16. The summed E-state index contributed by atoms with van der Waals surface area (Å²) in [5.74, 6) is 0. The van der Waals surface area contributed by atoms with Crippen LogP contribution >= 0.6 is 12.4 Å². The van der Waals surface area contributed by atoms with Crippen molar-refractivity contribution in [1.82, 2.24) is 0 Å². The van der Waals surface area contributed by atoms with Gasteiger partial charge in [-0.1, -0.05) is 0 Å². The first-order valence-electron chi connectivity index (χ1n) is 3.75. The molecule has 0 fully saturated rings. The van der Waals surface area contributed by atoms with Crippen molar-refractivity contribution < 1.29 is 26.1 Å². The summed E-state index contributed by atoms with van der Waals surface area (Å²) in [5, 5.41) is 8.48. The second-order valence-electron chi connectivity index (χ2n) is 2.80. The Balaban J connectivity index is 0.00000256. The Labute approximate surface area is 101 Å². The van der Waals surface area contributed by atoms with E-state index < -0.39 is 32.3 Å². The van der Waals surface area contributed by atoms with Gasteiger partial charge >= 0.3 is 6.18 Å². The van der Waals surface area contributed by atoms with Gasteiger partial charge in [0.05, 0.1) is 11.1 Å². The van der Waals surface area contributed by atoms with Crippen LogP contribution in [-0.4, -0.2) is 13.0 Å². The van der Waals surface area contributed by atoms with Gasteiger partial charge in [0.25, 0.3) is 10.1 Å². The third-order valence-electron chi connectivity index (χ3n) is 1.71. The Bertz CT molecular complexity index is 562. The maximum absolute atomic E-state index is 12.2. The molecule has 17 heavy (non-hydrogen) atoms. The van der Waals surface area contributed by atoms with E-state index in [-0.39, 0.29) is 12.4 Å². The van der Waals surface area contributed by atoms with E-state index in [0.717, 1.165) is 0 Å². The van der Waals surface area contributed by atoms with Crippen LogP contribution in [0.15, 0.2) is 23.1 Å². The molecule has 0 unspecified atom stereocenters. The highest BCUT2D eigenvalue weighted by Crippen LogP contribution is 2.31. The van der Waals surface area contributed by atoms with E-state index in [9.17, 15) is 21.6 Å². The Hall–Kier alpha value is -1.30. The Morgan fingerprint density at radius 1 is 1.29 bits per heavy atom. The maximum atomic E-state index is 12.2. The van der Waals surface area contributed by atoms with Gasteiger partial charge in [-0.2, -0.15) is 26.9 Å². The summed E-state index contributed by atoms with van der Waals surface area (Å²) in [6.07, 6.45) is -4.68. The third kappa shape index (κ3) is 3.59. The molecule has 0 bridgehead atoms. The summed E-state index contributed by atoms with van der Waals surface area (Å²) in [7, 11) is -4.70. The lowest BCUT2D eigenvalue weighted by Gasteiger charge is -2.07. The average Bonchev–Trinajstić information content (AvgIpc) is 2.14. The van der Waals surface area contributed by atoms with Crippen LogP contribution in [0.4, 0.5) is 13.2 Å². The lowest BCUT2D eigenvalue weighted by molar-refractivity contribution is -0.137. The minimum Gasteiger partial charge on any atom is -0.282 e. The predicted molar refractivity (Wildman–Crippen MR) is 53.2 cm³/mol. The maximum Gasteiger partial charge on any atom is 0.416 e. The molecule has 0 atom stereocenters. The van der Waals surface area contributed by atoms with E-state index in [1.165, 1.54) is 6.07 Å². The molecule has 1 aromatic carbocycles. The van der Waals surface area contributed by atoms with E-state index in [2.05, 4.69) is 0 Å². The molecule has 0 aliphatic rings. The number of halogens is 4. The van der Waals surface area contributed by atoms with Gasteiger partial charge < -0.3 is 0 Å². The third-order valence-corrected chi connectivity index (χ3v) is 2.62. The van der Waals surface area contributed by atoms with Crippen LogP contribution in [0.1, 0.15) is 11.1 Å². The number of hydrogen-bond donors (Lipinski definition) is 1. The standard InChI is InChI=1S/C8H4F3NO3S.ClH/c9-8(10,11)6-1-2-7(16(13,14)15)5(3-6)4-12;/h1-3H,(H,13,14,15);1H. The molecule has 0 spiro atoms. The normalized spacial score (nSPS) is 11.5. The van der Waals surface area contributed by atoms with Crippen molar-refractivity contribution in [2.24, 2.45) is 0 Å². The Morgan fingerprint density at radius 3 is 2.18 bits per heavy atom. The Kier molecular flexibility index (Phi) is 4.54. The average molecular weight is 288 g/mol. The van der Waals surface area contributed by atoms with E-state index in [0.29, 0.717) is 18.2 Å². The molecule has 94 valence electrons. The zero-order valence-corrected chi connectivity index (χ0v) is 9.53. The van der Waals surface area contributed by atoms with Crippen molar-refractivity contribution in [2.45, 2.75) is 11.1 Å². The molecule has 0 aromatic heterocycles. The summed E-state index contributed by atoms with van der Waals surface area (Å²) in [5.41, 5.74) is -1.91. The van der Waals surface area contributed by atoms with Gasteiger partial charge in [-0.25, -0.2) is 0 Å². The van der Waals surface area contributed by atoms with Gasteiger partial charge in [0, 0.05) is 0 Å². The minimum absolute atomic E-state index is 0. The number of benzene rings is 1. The number of alkyl halides is 3. The van der Waals surface area contributed by atoms with Crippen molar-refractivity contribution in [3.05, 3.63) is 29.3 Å². The van der Waals surface area contributed by atoms with E-state index >= 15 is 0 Å². The highest BCUT2D eigenvalue weighted by molar-refractivity contribution is 7.85. The molecule has 0 radical (unpaired) electrons. The quantitative estimate of drug-likeness (QED) is 0.804. The second-order valence-corrected chi connectivity index (χ2v) is 4.19. The van der Waals surface area contributed by atoms with Gasteiger partial charge in [-0.15, -0.1) is 12.4 Å². The molecule has 0 heterocycles. The SMILES string of the molecule is Cl.N#Cc1cc(C(F)(F)F)ccc1S(=O)(=O)O.